The van der Waals surface area contributed by atoms with Gasteiger partial charge in [-0.05, 0) is 49.4 Å². The van der Waals surface area contributed by atoms with Gasteiger partial charge in [0.2, 0.25) is 0 Å². The molecule has 0 aromatic carbocycles. The zero-order valence-electron chi connectivity index (χ0n) is 24.2. The number of hydrogen-bond acceptors (Lipinski definition) is 6. The molecule has 6 nitrogen and oxygen atoms in total. The molecule has 0 aromatic heterocycles. The van der Waals surface area contributed by atoms with Gasteiger partial charge in [-0.15, -0.1) is 0 Å². The van der Waals surface area contributed by atoms with Crippen molar-refractivity contribution in [1.82, 2.24) is 0 Å². The number of aliphatic carboxylic acids is 2. The van der Waals surface area contributed by atoms with E-state index in [-0.39, 0.29) is 68.8 Å². The van der Waals surface area contributed by atoms with Crippen LogP contribution in [0.5, 0.6) is 0 Å². The second-order valence-corrected chi connectivity index (χ2v) is 10.7. The quantitative estimate of drug-likeness (QED) is 0.247. The monoisotopic (exact) mass is 530 g/mol. The first-order valence-corrected chi connectivity index (χ1v) is 13.0. The van der Waals surface area contributed by atoms with Gasteiger partial charge in [0.15, 0.2) is 0 Å². The van der Waals surface area contributed by atoms with Crippen molar-refractivity contribution in [2.45, 2.75) is 109 Å². The Balaban J connectivity index is -0.000000569. The standard InChI is InChI=1S/2C14H26O3.Ti/c2*1-7-11(8-2)12(15)14(9(3)4,10(5)6)13(16)17;/h2*9-11H,7-8H2,1-6H3,(H,16,17);/q;;+2/p-2. The third-order valence-electron chi connectivity index (χ3n) is 7.85. The van der Waals surface area contributed by atoms with Crippen molar-refractivity contribution < 1.29 is 51.1 Å². The van der Waals surface area contributed by atoms with Crippen LogP contribution in [-0.4, -0.2) is 23.5 Å². The predicted octanol–water partition coefficient (Wildman–Crippen LogP) is 4.08. The molecule has 0 aromatic rings. The molecule has 0 unspecified atom stereocenters. The summed E-state index contributed by atoms with van der Waals surface area (Å²) < 4.78 is 0. The zero-order valence-corrected chi connectivity index (χ0v) is 25.8. The Morgan fingerprint density at radius 3 is 0.771 bits per heavy atom. The molecular formula is C28H50O6Ti. The van der Waals surface area contributed by atoms with E-state index in [0.29, 0.717) is 25.7 Å². The molecular weight excluding hydrogens is 480 g/mol. The van der Waals surface area contributed by atoms with E-state index in [4.69, 9.17) is 0 Å². The fourth-order valence-corrected chi connectivity index (χ4v) is 5.61. The molecule has 0 spiro atoms. The topological polar surface area (TPSA) is 114 Å². The summed E-state index contributed by atoms with van der Waals surface area (Å²) in [6.07, 6.45) is 2.74. The van der Waals surface area contributed by atoms with E-state index in [9.17, 15) is 29.4 Å². The molecule has 0 aliphatic carbocycles. The van der Waals surface area contributed by atoms with Gasteiger partial charge in [-0.3, -0.25) is 9.59 Å². The molecule has 0 rings (SSSR count). The number of Topliss-reactive ketones (excluding diaryl/α,β-unsaturated/α-hetero) is 2. The largest absolute Gasteiger partial charge is 2.00 e. The van der Waals surface area contributed by atoms with Crippen LogP contribution in [0.2, 0.25) is 0 Å². The van der Waals surface area contributed by atoms with E-state index >= 15 is 0 Å². The third kappa shape index (κ3) is 7.99. The molecule has 0 heterocycles. The van der Waals surface area contributed by atoms with Gasteiger partial charge in [0.1, 0.15) is 11.6 Å². The number of hydrogen-bond donors (Lipinski definition) is 0. The normalized spacial score (nSPS) is 12.2. The molecule has 0 N–H and O–H groups in total. The van der Waals surface area contributed by atoms with Crippen LogP contribution in [0.15, 0.2) is 0 Å². The van der Waals surface area contributed by atoms with E-state index in [0.717, 1.165) is 0 Å². The van der Waals surface area contributed by atoms with E-state index in [1.165, 1.54) is 0 Å². The SMILES string of the molecule is CCC(CC)C(=O)C(C(=O)[O-])(C(C)C)C(C)C.CCC(CC)C(=O)C(C(=O)[O-])(C(C)C)C(C)C.[Ti+2]. The maximum atomic E-state index is 12.5. The molecule has 0 fully saturated rings. The minimum absolute atomic E-state index is 0. The minimum Gasteiger partial charge on any atom is -0.549 e. The summed E-state index contributed by atoms with van der Waals surface area (Å²) in [6.45, 7) is 22.0. The van der Waals surface area contributed by atoms with Gasteiger partial charge in [-0.25, -0.2) is 0 Å². The maximum Gasteiger partial charge on any atom is 2.00 e. The van der Waals surface area contributed by atoms with Gasteiger partial charge < -0.3 is 19.8 Å². The van der Waals surface area contributed by atoms with Crippen LogP contribution < -0.4 is 10.2 Å². The Labute approximate surface area is 229 Å². The van der Waals surface area contributed by atoms with E-state index in [2.05, 4.69) is 0 Å². The Hall–Kier alpha value is -1.01. The molecule has 0 atom stereocenters. The van der Waals surface area contributed by atoms with Crippen molar-refractivity contribution in [2.75, 3.05) is 0 Å². The van der Waals surface area contributed by atoms with Gasteiger partial charge in [-0.2, -0.15) is 0 Å². The fourth-order valence-electron chi connectivity index (χ4n) is 5.61. The van der Waals surface area contributed by atoms with Crippen LogP contribution >= 0.6 is 0 Å². The van der Waals surface area contributed by atoms with E-state index in [1.807, 2.05) is 27.7 Å². The van der Waals surface area contributed by atoms with Gasteiger partial charge >= 0.3 is 21.7 Å². The molecule has 202 valence electrons. The summed E-state index contributed by atoms with van der Waals surface area (Å²) in [5, 5.41) is 23.1. The number of rotatable bonds is 14. The third-order valence-corrected chi connectivity index (χ3v) is 7.85. The van der Waals surface area contributed by atoms with Crippen LogP contribution in [0.4, 0.5) is 0 Å². The first kappa shape index (κ1) is 38.5. The smallest absolute Gasteiger partial charge is 0.549 e. The fraction of sp³-hybridized carbons (Fsp3) is 0.857. The van der Waals surface area contributed by atoms with Crippen molar-refractivity contribution in [1.29, 1.82) is 0 Å². The maximum absolute atomic E-state index is 12.5. The molecule has 0 aliphatic heterocycles. The number of carboxylic acid groups (broad SMARTS) is 2. The second-order valence-electron chi connectivity index (χ2n) is 10.7. The number of carbonyl (C=O) groups is 4. The van der Waals surface area contributed by atoms with Gasteiger partial charge in [0.05, 0.1) is 22.8 Å². The summed E-state index contributed by atoms with van der Waals surface area (Å²) in [4.78, 5) is 48.2. The van der Waals surface area contributed by atoms with Crippen LogP contribution in [0.3, 0.4) is 0 Å². The van der Waals surface area contributed by atoms with Crippen molar-refractivity contribution >= 4 is 23.5 Å². The Kier molecular flexibility index (Phi) is 18.4. The van der Waals surface area contributed by atoms with Crippen LogP contribution in [0.1, 0.15) is 109 Å². The molecule has 0 bridgehead atoms. The molecule has 0 saturated carbocycles. The Bertz CT molecular complexity index is 599. The van der Waals surface area contributed by atoms with Crippen molar-refractivity contribution in [3.63, 3.8) is 0 Å². The predicted molar refractivity (Wildman–Crippen MR) is 132 cm³/mol. The van der Waals surface area contributed by atoms with Gasteiger partial charge in [0, 0.05) is 11.8 Å². The summed E-state index contributed by atoms with van der Waals surface area (Å²) >= 11 is 0. The van der Waals surface area contributed by atoms with Crippen LogP contribution in [0.25, 0.3) is 0 Å². The van der Waals surface area contributed by atoms with Crippen molar-refractivity contribution in [2.24, 2.45) is 46.3 Å². The first-order valence-electron chi connectivity index (χ1n) is 13.0. The van der Waals surface area contributed by atoms with Crippen molar-refractivity contribution in [3.05, 3.63) is 0 Å². The molecule has 7 heteroatoms. The van der Waals surface area contributed by atoms with E-state index in [1.54, 1.807) is 55.4 Å². The molecule has 0 saturated heterocycles. The molecule has 0 amide bonds. The first-order chi connectivity index (χ1) is 15.5. The van der Waals surface area contributed by atoms with Gasteiger partial charge in [-0.1, -0.05) is 83.1 Å². The van der Waals surface area contributed by atoms with Crippen LogP contribution in [0, 0.1) is 46.3 Å². The van der Waals surface area contributed by atoms with E-state index < -0.39 is 22.8 Å². The second kappa shape index (κ2) is 16.7. The summed E-state index contributed by atoms with van der Waals surface area (Å²) in [5.41, 5.74) is -2.70. The Morgan fingerprint density at radius 1 is 0.514 bits per heavy atom. The van der Waals surface area contributed by atoms with Crippen molar-refractivity contribution in [3.8, 4) is 0 Å². The molecule has 0 radical (unpaired) electrons. The van der Waals surface area contributed by atoms with Gasteiger partial charge in [0.25, 0.3) is 0 Å². The summed E-state index contributed by atoms with van der Waals surface area (Å²) in [6, 6.07) is 0. The molecule has 0 aliphatic rings. The minimum atomic E-state index is -1.35. The zero-order chi connectivity index (χ0) is 27.6. The Morgan fingerprint density at radius 2 is 0.686 bits per heavy atom. The summed E-state index contributed by atoms with van der Waals surface area (Å²) in [5.74, 6) is -4.13. The summed E-state index contributed by atoms with van der Waals surface area (Å²) in [7, 11) is 0. The average molecular weight is 531 g/mol. The number of carboxylic acids is 2. The number of ketones is 2. The average Bonchev–Trinajstić information content (AvgIpc) is 2.69. The number of carbonyl (C=O) groups excluding carboxylic acids is 4. The molecule has 35 heavy (non-hydrogen) atoms. The van der Waals surface area contributed by atoms with Crippen LogP contribution in [-0.2, 0) is 40.9 Å².